The fraction of sp³-hybridized carbons (Fsp3) is 0.444. The van der Waals surface area contributed by atoms with Crippen molar-refractivity contribution in [2.45, 2.75) is 26.3 Å². The lowest BCUT2D eigenvalue weighted by Gasteiger charge is -2.10. The van der Waals surface area contributed by atoms with E-state index in [1.165, 1.54) is 0 Å². The molecule has 0 spiro atoms. The molecule has 68 valence electrons. The second-order valence-electron chi connectivity index (χ2n) is 2.83. The van der Waals surface area contributed by atoms with Crippen LogP contribution in [0, 0.1) is 11.3 Å². The van der Waals surface area contributed by atoms with Gasteiger partial charge >= 0.3 is 0 Å². The van der Waals surface area contributed by atoms with Crippen LogP contribution in [0.4, 0.5) is 5.82 Å². The lowest BCUT2D eigenvalue weighted by Crippen LogP contribution is -2.14. The monoisotopic (exact) mass is 176 g/mol. The Kier molecular flexibility index (Phi) is 3.21. The van der Waals surface area contributed by atoms with Gasteiger partial charge < -0.3 is 5.32 Å². The molecule has 0 aromatic carbocycles. The molecule has 0 radical (unpaired) electrons. The van der Waals surface area contributed by atoms with Crippen molar-refractivity contribution in [3.63, 3.8) is 0 Å². The number of nitrogens with one attached hydrogen (secondary N) is 1. The molecule has 1 aromatic rings. The molecule has 0 fully saturated rings. The van der Waals surface area contributed by atoms with Gasteiger partial charge in [-0.3, -0.25) is 0 Å². The summed E-state index contributed by atoms with van der Waals surface area (Å²) in [6.45, 7) is 4.15. The molecule has 1 aromatic heterocycles. The van der Waals surface area contributed by atoms with E-state index in [9.17, 15) is 0 Å². The molecular formula is C9H12N4. The third-order valence-corrected chi connectivity index (χ3v) is 1.76. The maximum atomic E-state index is 8.55. The second-order valence-corrected chi connectivity index (χ2v) is 2.83. The lowest BCUT2D eigenvalue weighted by atomic mass is 10.2. The topological polar surface area (TPSA) is 61.6 Å². The first-order valence-electron chi connectivity index (χ1n) is 4.26. The largest absolute Gasteiger partial charge is 0.367 e. The molecule has 4 nitrogen and oxygen atoms in total. The highest BCUT2D eigenvalue weighted by atomic mass is 15.0. The second kappa shape index (κ2) is 4.41. The van der Waals surface area contributed by atoms with Gasteiger partial charge in [0.2, 0.25) is 5.82 Å². The van der Waals surface area contributed by atoms with Crippen LogP contribution >= 0.6 is 0 Å². The summed E-state index contributed by atoms with van der Waals surface area (Å²) in [5.74, 6) is 0.911. The summed E-state index contributed by atoms with van der Waals surface area (Å²) in [7, 11) is 0. The molecule has 1 heterocycles. The van der Waals surface area contributed by atoms with E-state index in [0.717, 1.165) is 6.42 Å². The third-order valence-electron chi connectivity index (χ3n) is 1.76. The molecule has 0 amide bonds. The van der Waals surface area contributed by atoms with E-state index in [-0.39, 0.29) is 5.82 Å². The lowest BCUT2D eigenvalue weighted by molar-refractivity contribution is 0.758. The average Bonchev–Trinajstić information content (AvgIpc) is 2.18. The Morgan fingerprint density at radius 3 is 3.08 bits per heavy atom. The number of nitrogens with zero attached hydrogens (tertiary/aromatic N) is 3. The van der Waals surface area contributed by atoms with Crippen molar-refractivity contribution >= 4 is 5.82 Å². The molecule has 0 saturated carbocycles. The molecule has 0 bridgehead atoms. The summed E-state index contributed by atoms with van der Waals surface area (Å²) in [6, 6.07) is 4.02. The van der Waals surface area contributed by atoms with Crippen molar-refractivity contribution in [2.75, 3.05) is 5.32 Å². The van der Waals surface area contributed by atoms with Gasteiger partial charge in [0.1, 0.15) is 11.9 Å². The fourth-order valence-electron chi connectivity index (χ4n) is 0.847. The van der Waals surface area contributed by atoms with E-state index in [1.54, 1.807) is 12.3 Å². The molecule has 1 atom stereocenters. The van der Waals surface area contributed by atoms with Crippen LogP contribution in [0.15, 0.2) is 12.3 Å². The average molecular weight is 176 g/mol. The van der Waals surface area contributed by atoms with Gasteiger partial charge in [0, 0.05) is 12.2 Å². The first-order valence-corrected chi connectivity index (χ1v) is 4.26. The molecular weight excluding hydrogens is 164 g/mol. The van der Waals surface area contributed by atoms with Crippen LogP contribution in [0.1, 0.15) is 26.1 Å². The van der Waals surface area contributed by atoms with E-state index in [4.69, 9.17) is 5.26 Å². The van der Waals surface area contributed by atoms with Crippen LogP contribution in [-0.2, 0) is 0 Å². The summed E-state index contributed by atoms with van der Waals surface area (Å²) in [5.41, 5.74) is 0. The van der Waals surface area contributed by atoms with Crippen molar-refractivity contribution in [2.24, 2.45) is 0 Å². The third kappa shape index (κ3) is 2.71. The van der Waals surface area contributed by atoms with Crippen molar-refractivity contribution < 1.29 is 0 Å². The van der Waals surface area contributed by atoms with E-state index >= 15 is 0 Å². The van der Waals surface area contributed by atoms with E-state index < -0.39 is 0 Å². The standard InChI is InChI=1S/C9H12N4/c1-3-7(2)12-8-4-5-11-9(6-10)13-8/h4-5,7H,3H2,1-2H3,(H,11,12,13). The Morgan fingerprint density at radius 2 is 2.46 bits per heavy atom. The first kappa shape index (κ1) is 9.46. The highest BCUT2D eigenvalue weighted by molar-refractivity contribution is 5.35. The van der Waals surface area contributed by atoms with E-state index in [1.807, 2.05) is 6.07 Å². The summed E-state index contributed by atoms with van der Waals surface area (Å²) in [5, 5.41) is 11.7. The number of hydrogen-bond acceptors (Lipinski definition) is 4. The highest BCUT2D eigenvalue weighted by Crippen LogP contribution is 2.04. The smallest absolute Gasteiger partial charge is 0.234 e. The Hall–Kier alpha value is -1.63. The van der Waals surface area contributed by atoms with Gasteiger partial charge in [-0.1, -0.05) is 6.92 Å². The maximum absolute atomic E-state index is 8.55. The van der Waals surface area contributed by atoms with Gasteiger partial charge in [-0.2, -0.15) is 5.26 Å². The highest BCUT2D eigenvalue weighted by Gasteiger charge is 2.00. The van der Waals surface area contributed by atoms with Crippen LogP contribution < -0.4 is 5.32 Å². The molecule has 13 heavy (non-hydrogen) atoms. The minimum Gasteiger partial charge on any atom is -0.367 e. The molecule has 1 unspecified atom stereocenters. The zero-order chi connectivity index (χ0) is 9.68. The Morgan fingerprint density at radius 1 is 1.69 bits per heavy atom. The SMILES string of the molecule is CCC(C)Nc1ccnc(C#N)n1. The minimum absolute atomic E-state index is 0.202. The number of rotatable bonds is 3. The van der Waals surface area contributed by atoms with Crippen molar-refractivity contribution in [3.05, 3.63) is 18.1 Å². The molecule has 1 N–H and O–H groups in total. The number of anilines is 1. The predicted octanol–water partition coefficient (Wildman–Crippen LogP) is 1.56. The zero-order valence-corrected chi connectivity index (χ0v) is 7.78. The van der Waals surface area contributed by atoms with Gasteiger partial charge in [0.25, 0.3) is 0 Å². The fourth-order valence-corrected chi connectivity index (χ4v) is 0.847. The van der Waals surface area contributed by atoms with Crippen molar-refractivity contribution in [1.29, 1.82) is 5.26 Å². The van der Waals surface area contributed by atoms with Gasteiger partial charge in [-0.05, 0) is 19.4 Å². The van der Waals surface area contributed by atoms with E-state index in [2.05, 4.69) is 29.1 Å². The summed E-state index contributed by atoms with van der Waals surface area (Å²) >= 11 is 0. The normalized spacial score (nSPS) is 11.8. The Labute approximate surface area is 77.6 Å². The Balaban J connectivity index is 2.73. The van der Waals surface area contributed by atoms with Crippen molar-refractivity contribution in [1.82, 2.24) is 9.97 Å². The predicted molar refractivity (Wildman–Crippen MR) is 50.1 cm³/mol. The summed E-state index contributed by atoms with van der Waals surface area (Å²) < 4.78 is 0. The molecule has 0 aliphatic heterocycles. The zero-order valence-electron chi connectivity index (χ0n) is 7.78. The van der Waals surface area contributed by atoms with Crippen LogP contribution in [0.2, 0.25) is 0 Å². The molecule has 1 rings (SSSR count). The summed E-state index contributed by atoms with van der Waals surface area (Å²) in [4.78, 5) is 7.77. The quantitative estimate of drug-likeness (QED) is 0.759. The van der Waals surface area contributed by atoms with Gasteiger partial charge in [-0.25, -0.2) is 9.97 Å². The van der Waals surface area contributed by atoms with E-state index in [0.29, 0.717) is 11.9 Å². The number of nitriles is 1. The van der Waals surface area contributed by atoms with Gasteiger partial charge in [0.05, 0.1) is 0 Å². The summed E-state index contributed by atoms with van der Waals surface area (Å²) in [6.07, 6.45) is 2.60. The van der Waals surface area contributed by atoms with Gasteiger partial charge in [-0.15, -0.1) is 0 Å². The molecule has 0 aliphatic rings. The Bertz CT molecular complexity index is 316. The van der Waals surface area contributed by atoms with Crippen LogP contribution in [0.25, 0.3) is 0 Å². The number of hydrogen-bond donors (Lipinski definition) is 1. The molecule has 4 heteroatoms. The van der Waals surface area contributed by atoms with Crippen LogP contribution in [0.3, 0.4) is 0 Å². The molecule has 0 aliphatic carbocycles. The van der Waals surface area contributed by atoms with Crippen LogP contribution in [0.5, 0.6) is 0 Å². The van der Waals surface area contributed by atoms with Crippen molar-refractivity contribution in [3.8, 4) is 6.07 Å². The first-order chi connectivity index (χ1) is 6.26. The minimum atomic E-state index is 0.202. The molecule has 0 saturated heterocycles. The number of aromatic nitrogens is 2. The maximum Gasteiger partial charge on any atom is 0.234 e. The van der Waals surface area contributed by atoms with Gasteiger partial charge in [0.15, 0.2) is 0 Å². The van der Waals surface area contributed by atoms with Crippen LogP contribution in [-0.4, -0.2) is 16.0 Å².